The van der Waals surface area contributed by atoms with Crippen LogP contribution in [-0.4, -0.2) is 25.2 Å². The van der Waals surface area contributed by atoms with Crippen LogP contribution in [0.3, 0.4) is 0 Å². The fourth-order valence-corrected chi connectivity index (χ4v) is 1.39. The third-order valence-corrected chi connectivity index (χ3v) is 2.19. The molecule has 0 aromatic heterocycles. The maximum absolute atomic E-state index is 11.8. The van der Waals surface area contributed by atoms with Gasteiger partial charge in [0.25, 0.3) is 0 Å². The van der Waals surface area contributed by atoms with Crippen molar-refractivity contribution in [2.45, 2.75) is 0 Å². The van der Waals surface area contributed by atoms with Crippen molar-refractivity contribution in [3.05, 3.63) is 54.6 Å². The Morgan fingerprint density at radius 2 is 1.68 bits per heavy atom. The first-order valence-corrected chi connectivity index (χ1v) is 5.56. The second-order valence-electron chi connectivity index (χ2n) is 3.54. The molecule has 0 aliphatic heterocycles. The lowest BCUT2D eigenvalue weighted by Gasteiger charge is -2.10. The van der Waals surface area contributed by atoms with E-state index in [2.05, 4.69) is 13.2 Å². The molecule has 5 nitrogen and oxygen atoms in total. The molecule has 0 bridgehead atoms. The minimum atomic E-state index is -0.691. The topological polar surface area (TPSA) is 78.6 Å². The van der Waals surface area contributed by atoms with Crippen molar-refractivity contribution in [1.29, 1.82) is 0 Å². The SMILES string of the molecule is C=CCOC(=O)c1cccc(N)c1C(=O)OCC=C. The quantitative estimate of drug-likeness (QED) is 0.481. The number of esters is 2. The summed E-state index contributed by atoms with van der Waals surface area (Å²) in [5.41, 5.74) is 5.92. The van der Waals surface area contributed by atoms with E-state index in [1.165, 1.54) is 24.3 Å². The summed E-state index contributed by atoms with van der Waals surface area (Å²) in [7, 11) is 0. The molecule has 0 amide bonds. The van der Waals surface area contributed by atoms with Crippen LogP contribution < -0.4 is 5.73 Å². The first-order valence-electron chi connectivity index (χ1n) is 5.56. The molecule has 19 heavy (non-hydrogen) atoms. The van der Waals surface area contributed by atoms with Gasteiger partial charge in [-0.25, -0.2) is 9.59 Å². The molecule has 0 saturated carbocycles. The number of nitrogens with two attached hydrogens (primary N) is 1. The van der Waals surface area contributed by atoms with Crippen LogP contribution in [0.4, 0.5) is 5.69 Å². The van der Waals surface area contributed by atoms with Crippen molar-refractivity contribution >= 4 is 17.6 Å². The van der Waals surface area contributed by atoms with Gasteiger partial charge in [-0.1, -0.05) is 31.4 Å². The van der Waals surface area contributed by atoms with Gasteiger partial charge in [0.15, 0.2) is 0 Å². The van der Waals surface area contributed by atoms with Crippen molar-refractivity contribution < 1.29 is 19.1 Å². The first-order chi connectivity index (χ1) is 9.11. The number of carbonyl (C=O) groups excluding carboxylic acids is 2. The van der Waals surface area contributed by atoms with Crippen LogP contribution in [0.15, 0.2) is 43.5 Å². The molecule has 0 aliphatic carbocycles. The fourth-order valence-electron chi connectivity index (χ4n) is 1.39. The standard InChI is InChI=1S/C14H15NO4/c1-3-8-18-13(16)10-6-5-7-11(15)12(10)14(17)19-9-4-2/h3-7H,1-2,8-9,15H2. The number of anilines is 1. The highest BCUT2D eigenvalue weighted by molar-refractivity contribution is 6.06. The third kappa shape index (κ3) is 3.70. The normalized spacial score (nSPS) is 9.47. The smallest absolute Gasteiger partial charge is 0.341 e. The summed E-state index contributed by atoms with van der Waals surface area (Å²) < 4.78 is 9.78. The highest BCUT2D eigenvalue weighted by atomic mass is 16.5. The maximum atomic E-state index is 11.8. The summed E-state index contributed by atoms with van der Waals surface area (Å²) >= 11 is 0. The highest BCUT2D eigenvalue weighted by Crippen LogP contribution is 2.19. The molecule has 5 heteroatoms. The average molecular weight is 261 g/mol. The minimum absolute atomic E-state index is 0.00147. The van der Waals surface area contributed by atoms with Crippen molar-refractivity contribution in [3.63, 3.8) is 0 Å². The summed E-state index contributed by atoms with van der Waals surface area (Å²) in [6, 6.07) is 4.52. The molecule has 0 unspecified atom stereocenters. The summed E-state index contributed by atoms with van der Waals surface area (Å²) in [5.74, 6) is -1.35. The van der Waals surface area contributed by atoms with E-state index >= 15 is 0 Å². The molecular formula is C14H15NO4. The minimum Gasteiger partial charge on any atom is -0.458 e. The van der Waals surface area contributed by atoms with E-state index in [0.717, 1.165) is 0 Å². The van der Waals surface area contributed by atoms with E-state index in [0.29, 0.717) is 0 Å². The van der Waals surface area contributed by atoms with Gasteiger partial charge in [-0.15, -0.1) is 0 Å². The molecule has 0 heterocycles. The molecule has 0 atom stereocenters. The molecule has 100 valence electrons. The van der Waals surface area contributed by atoms with Gasteiger partial charge < -0.3 is 15.2 Å². The lowest BCUT2D eigenvalue weighted by atomic mass is 10.1. The summed E-state index contributed by atoms with van der Waals surface area (Å²) in [6.07, 6.45) is 2.85. The molecule has 0 fully saturated rings. The number of ether oxygens (including phenoxy) is 2. The van der Waals surface area contributed by atoms with Gasteiger partial charge in [-0.2, -0.15) is 0 Å². The Labute approximate surface area is 111 Å². The van der Waals surface area contributed by atoms with Crippen molar-refractivity contribution in [2.24, 2.45) is 0 Å². The van der Waals surface area contributed by atoms with Gasteiger partial charge in [-0.05, 0) is 12.1 Å². The predicted octanol–water partition coefficient (Wildman–Crippen LogP) is 1.95. The molecule has 0 saturated heterocycles. The van der Waals surface area contributed by atoms with Crippen LogP contribution in [0, 0.1) is 0 Å². The van der Waals surface area contributed by atoms with Crippen LogP contribution in [0.25, 0.3) is 0 Å². The Bertz CT molecular complexity index is 508. The Morgan fingerprint density at radius 1 is 1.11 bits per heavy atom. The molecule has 1 aromatic rings. The van der Waals surface area contributed by atoms with Gasteiger partial charge >= 0.3 is 11.9 Å². The van der Waals surface area contributed by atoms with Gasteiger partial charge in [0, 0.05) is 5.69 Å². The van der Waals surface area contributed by atoms with Crippen molar-refractivity contribution in [1.82, 2.24) is 0 Å². The van der Waals surface area contributed by atoms with Crippen molar-refractivity contribution in [3.8, 4) is 0 Å². The summed E-state index contributed by atoms with van der Waals surface area (Å²) in [5, 5.41) is 0. The molecule has 0 radical (unpaired) electrons. The van der Waals surface area contributed by atoms with Crippen LogP contribution in [-0.2, 0) is 9.47 Å². The Balaban J connectivity index is 3.07. The second-order valence-corrected chi connectivity index (χ2v) is 3.54. The van der Waals surface area contributed by atoms with E-state index in [1.54, 1.807) is 6.07 Å². The molecule has 1 aromatic carbocycles. The zero-order chi connectivity index (χ0) is 14.3. The molecule has 2 N–H and O–H groups in total. The van der Waals surface area contributed by atoms with Crippen LogP contribution in [0.1, 0.15) is 20.7 Å². The molecular weight excluding hydrogens is 246 g/mol. The maximum Gasteiger partial charge on any atom is 0.341 e. The monoisotopic (exact) mass is 261 g/mol. The summed E-state index contributed by atoms with van der Waals surface area (Å²) in [6.45, 7) is 6.96. The number of benzene rings is 1. The fraction of sp³-hybridized carbons (Fsp3) is 0.143. The van der Waals surface area contributed by atoms with Gasteiger partial charge in [0.2, 0.25) is 0 Å². The van der Waals surface area contributed by atoms with E-state index < -0.39 is 11.9 Å². The Morgan fingerprint density at radius 3 is 2.26 bits per heavy atom. The highest BCUT2D eigenvalue weighted by Gasteiger charge is 2.21. The number of nitrogen functional groups attached to an aromatic ring is 1. The van der Waals surface area contributed by atoms with Crippen LogP contribution in [0.5, 0.6) is 0 Å². The first kappa shape index (κ1) is 14.5. The van der Waals surface area contributed by atoms with Crippen LogP contribution in [0.2, 0.25) is 0 Å². The number of hydrogen-bond donors (Lipinski definition) is 1. The van der Waals surface area contributed by atoms with E-state index in [-0.39, 0.29) is 30.0 Å². The number of hydrogen-bond acceptors (Lipinski definition) is 5. The van der Waals surface area contributed by atoms with E-state index in [9.17, 15) is 9.59 Å². The van der Waals surface area contributed by atoms with E-state index in [4.69, 9.17) is 15.2 Å². The average Bonchev–Trinajstić information content (AvgIpc) is 2.41. The van der Waals surface area contributed by atoms with E-state index in [1.807, 2.05) is 0 Å². The zero-order valence-corrected chi connectivity index (χ0v) is 10.4. The van der Waals surface area contributed by atoms with Gasteiger partial charge in [0.05, 0.1) is 11.1 Å². The largest absolute Gasteiger partial charge is 0.458 e. The Hall–Kier alpha value is -2.56. The molecule has 0 spiro atoms. The molecule has 1 rings (SSSR count). The molecule has 0 aliphatic rings. The number of rotatable bonds is 6. The van der Waals surface area contributed by atoms with Gasteiger partial charge in [0.1, 0.15) is 13.2 Å². The number of carbonyl (C=O) groups is 2. The zero-order valence-electron chi connectivity index (χ0n) is 10.4. The van der Waals surface area contributed by atoms with Gasteiger partial charge in [-0.3, -0.25) is 0 Å². The third-order valence-electron chi connectivity index (χ3n) is 2.19. The van der Waals surface area contributed by atoms with Crippen LogP contribution >= 0.6 is 0 Å². The lowest BCUT2D eigenvalue weighted by molar-refractivity contribution is 0.0504. The Kier molecular flexibility index (Phi) is 5.35. The second kappa shape index (κ2) is 7.00. The summed E-state index contributed by atoms with van der Waals surface area (Å²) in [4.78, 5) is 23.6. The predicted molar refractivity (Wildman–Crippen MR) is 71.8 cm³/mol. The van der Waals surface area contributed by atoms with Crippen molar-refractivity contribution in [2.75, 3.05) is 18.9 Å². The lowest BCUT2D eigenvalue weighted by Crippen LogP contribution is -2.16.